The third-order valence-corrected chi connectivity index (χ3v) is 5.36. The average molecular weight is 422 g/mol. The van der Waals surface area contributed by atoms with Crippen LogP contribution in [0.15, 0.2) is 59.1 Å². The molecule has 164 valence electrons. The van der Waals surface area contributed by atoms with Gasteiger partial charge in [-0.25, -0.2) is 0 Å². The largest absolute Gasteiger partial charge is 0.497 e. The molecule has 1 amide bonds. The van der Waals surface area contributed by atoms with Gasteiger partial charge in [0.15, 0.2) is 11.5 Å². The summed E-state index contributed by atoms with van der Waals surface area (Å²) >= 11 is 0. The number of nitrogens with one attached hydrogen (secondary N) is 1. The molecule has 0 aliphatic heterocycles. The van der Waals surface area contributed by atoms with Crippen LogP contribution in [0, 0.1) is 0 Å². The summed E-state index contributed by atoms with van der Waals surface area (Å²) in [5.41, 5.74) is 3.63. The van der Waals surface area contributed by atoms with E-state index in [4.69, 9.17) is 9.26 Å². The molecule has 3 rings (SSSR count). The Kier molecular flexibility index (Phi) is 6.81. The van der Waals surface area contributed by atoms with Crippen LogP contribution in [0.2, 0.25) is 0 Å². The maximum atomic E-state index is 12.7. The van der Waals surface area contributed by atoms with Crippen LogP contribution in [0.5, 0.6) is 5.75 Å². The molecule has 0 aliphatic rings. The summed E-state index contributed by atoms with van der Waals surface area (Å²) in [6.07, 6.45) is 0. The van der Waals surface area contributed by atoms with Gasteiger partial charge in [-0.1, -0.05) is 50.2 Å². The first-order chi connectivity index (χ1) is 14.7. The quantitative estimate of drug-likeness (QED) is 0.600. The highest BCUT2D eigenvalue weighted by Gasteiger charge is 2.20. The Balaban J connectivity index is 1.67. The van der Waals surface area contributed by atoms with Crippen LogP contribution in [-0.2, 0) is 5.41 Å². The standard InChI is InChI=1S/C25H31N3O3/c1-25(2,3)19-11-7-17(8-12-19)22(28(4)5)16-26-24(29)21-15-23(31-27-21)18-9-13-20(30-6)14-10-18/h7-15,22H,16H2,1-6H3,(H,26,29)/t22-/m0/s1. The van der Waals surface area contributed by atoms with Gasteiger partial charge >= 0.3 is 0 Å². The number of aromatic nitrogens is 1. The van der Waals surface area contributed by atoms with Gasteiger partial charge in [0.25, 0.3) is 5.91 Å². The molecule has 6 heteroatoms. The van der Waals surface area contributed by atoms with Crippen molar-refractivity contribution in [1.82, 2.24) is 15.4 Å². The van der Waals surface area contributed by atoms with E-state index in [1.165, 1.54) is 5.56 Å². The summed E-state index contributed by atoms with van der Waals surface area (Å²) in [5, 5.41) is 6.92. The molecule has 0 radical (unpaired) electrons. The number of carbonyl (C=O) groups is 1. The van der Waals surface area contributed by atoms with Crippen LogP contribution in [0.3, 0.4) is 0 Å². The molecule has 1 atom stereocenters. The van der Waals surface area contributed by atoms with Crippen molar-refractivity contribution >= 4 is 5.91 Å². The summed E-state index contributed by atoms with van der Waals surface area (Å²) in [6.45, 7) is 7.06. The molecule has 0 aliphatic carbocycles. The summed E-state index contributed by atoms with van der Waals surface area (Å²) < 4.78 is 10.5. The number of likely N-dealkylation sites (N-methyl/N-ethyl adjacent to an activating group) is 1. The lowest BCUT2D eigenvalue weighted by atomic mass is 9.86. The van der Waals surface area contributed by atoms with Crippen LogP contribution < -0.4 is 10.1 Å². The maximum absolute atomic E-state index is 12.7. The second-order valence-corrected chi connectivity index (χ2v) is 8.87. The monoisotopic (exact) mass is 421 g/mol. The molecule has 1 aromatic heterocycles. The SMILES string of the molecule is COc1ccc(-c2cc(C(=O)NC[C@@H](c3ccc(C(C)(C)C)cc3)N(C)C)no2)cc1. The number of nitrogens with zero attached hydrogens (tertiary/aromatic N) is 2. The van der Waals surface area contributed by atoms with Crippen LogP contribution in [0.1, 0.15) is 48.4 Å². The molecule has 31 heavy (non-hydrogen) atoms. The average Bonchev–Trinajstić information content (AvgIpc) is 3.24. The predicted molar refractivity (Wildman–Crippen MR) is 122 cm³/mol. The molecule has 0 bridgehead atoms. The highest BCUT2D eigenvalue weighted by atomic mass is 16.5. The highest BCUT2D eigenvalue weighted by Crippen LogP contribution is 2.26. The molecule has 0 saturated heterocycles. The molecule has 0 spiro atoms. The van der Waals surface area contributed by atoms with Gasteiger partial charge < -0.3 is 19.5 Å². The summed E-state index contributed by atoms with van der Waals surface area (Å²) in [5.74, 6) is 1.03. The zero-order valence-electron chi connectivity index (χ0n) is 19.1. The minimum atomic E-state index is -0.262. The molecule has 1 heterocycles. The van der Waals surface area contributed by atoms with Crippen LogP contribution in [0.4, 0.5) is 0 Å². The van der Waals surface area contributed by atoms with E-state index in [0.29, 0.717) is 12.3 Å². The molecular weight excluding hydrogens is 390 g/mol. The van der Waals surface area contributed by atoms with Gasteiger partial charge in [-0.05, 0) is 54.9 Å². The second kappa shape index (κ2) is 9.35. The van der Waals surface area contributed by atoms with Gasteiger partial charge in [0.2, 0.25) is 0 Å². The molecule has 1 N–H and O–H groups in total. The van der Waals surface area contributed by atoms with E-state index in [1.807, 2.05) is 38.4 Å². The Morgan fingerprint density at radius 2 is 1.74 bits per heavy atom. The molecule has 0 saturated carbocycles. The van der Waals surface area contributed by atoms with Crippen molar-refractivity contribution in [3.8, 4) is 17.1 Å². The first-order valence-electron chi connectivity index (χ1n) is 10.3. The van der Waals surface area contributed by atoms with Crippen molar-refractivity contribution in [3.05, 3.63) is 71.4 Å². The van der Waals surface area contributed by atoms with Gasteiger partial charge in [-0.3, -0.25) is 4.79 Å². The highest BCUT2D eigenvalue weighted by molar-refractivity contribution is 5.93. The molecular formula is C25H31N3O3. The van der Waals surface area contributed by atoms with Crippen molar-refractivity contribution < 1.29 is 14.1 Å². The fourth-order valence-corrected chi connectivity index (χ4v) is 3.36. The lowest BCUT2D eigenvalue weighted by Crippen LogP contribution is -2.34. The molecule has 0 unspecified atom stereocenters. The van der Waals surface area contributed by atoms with E-state index >= 15 is 0 Å². The Morgan fingerprint density at radius 3 is 2.29 bits per heavy atom. The van der Waals surface area contributed by atoms with Gasteiger partial charge in [0, 0.05) is 18.2 Å². The fraction of sp³-hybridized carbons (Fsp3) is 0.360. The number of benzene rings is 2. The maximum Gasteiger partial charge on any atom is 0.273 e. The van der Waals surface area contributed by atoms with Crippen molar-refractivity contribution in [1.29, 1.82) is 0 Å². The van der Waals surface area contributed by atoms with E-state index in [-0.39, 0.29) is 23.1 Å². The lowest BCUT2D eigenvalue weighted by molar-refractivity contribution is 0.0933. The number of hydrogen-bond acceptors (Lipinski definition) is 5. The zero-order chi connectivity index (χ0) is 22.6. The first-order valence-corrected chi connectivity index (χ1v) is 10.3. The van der Waals surface area contributed by atoms with Crippen molar-refractivity contribution in [3.63, 3.8) is 0 Å². The van der Waals surface area contributed by atoms with Crippen molar-refractivity contribution in [2.24, 2.45) is 0 Å². The molecule has 6 nitrogen and oxygen atoms in total. The topological polar surface area (TPSA) is 67.6 Å². The normalized spacial score (nSPS) is 12.6. The Hall–Kier alpha value is -3.12. The Morgan fingerprint density at radius 1 is 1.10 bits per heavy atom. The van der Waals surface area contributed by atoms with E-state index in [0.717, 1.165) is 16.9 Å². The minimum Gasteiger partial charge on any atom is -0.497 e. The van der Waals surface area contributed by atoms with Crippen LogP contribution >= 0.6 is 0 Å². The second-order valence-electron chi connectivity index (χ2n) is 8.87. The number of ether oxygens (including phenoxy) is 1. The lowest BCUT2D eigenvalue weighted by Gasteiger charge is -2.26. The van der Waals surface area contributed by atoms with E-state index in [2.05, 4.69) is 60.4 Å². The number of carbonyl (C=O) groups excluding carboxylic acids is 1. The van der Waals surface area contributed by atoms with Gasteiger partial charge in [-0.2, -0.15) is 0 Å². The van der Waals surface area contributed by atoms with Gasteiger partial charge in [-0.15, -0.1) is 0 Å². The first kappa shape index (κ1) is 22.6. The molecule has 2 aromatic carbocycles. The summed E-state index contributed by atoms with van der Waals surface area (Å²) in [4.78, 5) is 14.8. The number of hydrogen-bond donors (Lipinski definition) is 1. The van der Waals surface area contributed by atoms with E-state index < -0.39 is 0 Å². The van der Waals surface area contributed by atoms with Crippen LogP contribution in [0.25, 0.3) is 11.3 Å². The third-order valence-electron chi connectivity index (χ3n) is 5.36. The number of amides is 1. The van der Waals surface area contributed by atoms with Gasteiger partial charge in [0.05, 0.1) is 13.2 Å². The molecule has 3 aromatic rings. The van der Waals surface area contributed by atoms with Crippen molar-refractivity contribution in [2.75, 3.05) is 27.7 Å². The van der Waals surface area contributed by atoms with E-state index in [1.54, 1.807) is 13.2 Å². The minimum absolute atomic E-state index is 0.0472. The van der Waals surface area contributed by atoms with Crippen molar-refractivity contribution in [2.45, 2.75) is 32.2 Å². The smallest absolute Gasteiger partial charge is 0.273 e. The van der Waals surface area contributed by atoms with Gasteiger partial charge in [0.1, 0.15) is 5.75 Å². The van der Waals surface area contributed by atoms with E-state index in [9.17, 15) is 4.79 Å². The predicted octanol–water partition coefficient (Wildman–Crippen LogP) is 4.68. The third kappa shape index (κ3) is 5.52. The summed E-state index contributed by atoms with van der Waals surface area (Å²) in [6, 6.07) is 17.7. The van der Waals surface area contributed by atoms with Crippen LogP contribution in [-0.4, -0.2) is 43.7 Å². The number of methoxy groups -OCH3 is 1. The zero-order valence-corrected chi connectivity index (χ0v) is 19.1. The fourth-order valence-electron chi connectivity index (χ4n) is 3.36. The summed E-state index contributed by atoms with van der Waals surface area (Å²) in [7, 11) is 5.63. The molecule has 0 fully saturated rings. The Labute approximate surface area is 184 Å². The number of rotatable bonds is 7. The Bertz CT molecular complexity index is 1000.